The molecule has 0 spiro atoms. The molecule has 2 amide bonds. The van der Waals surface area contributed by atoms with Gasteiger partial charge in [0.15, 0.2) is 0 Å². The number of benzene rings is 1. The Balaban J connectivity index is 2.60. The number of rotatable bonds is 5. The van der Waals surface area contributed by atoms with Gasteiger partial charge in [-0.3, -0.25) is 9.59 Å². The minimum absolute atomic E-state index is 0.146. The molecule has 0 heterocycles. The minimum Gasteiger partial charge on any atom is -0.343 e. The fourth-order valence-corrected chi connectivity index (χ4v) is 1.88. The molecule has 1 rings (SSSR count). The minimum atomic E-state index is -0.322. The summed E-state index contributed by atoms with van der Waals surface area (Å²) >= 11 is 5.97. The number of hydrogen-bond donors (Lipinski definition) is 1. The Morgan fingerprint density at radius 3 is 2.42 bits per heavy atom. The van der Waals surface area contributed by atoms with Crippen molar-refractivity contribution in [3.05, 3.63) is 28.8 Å². The maximum absolute atomic E-state index is 11.8. The van der Waals surface area contributed by atoms with E-state index in [9.17, 15) is 9.59 Å². The van der Waals surface area contributed by atoms with Gasteiger partial charge in [-0.2, -0.15) is 0 Å². The van der Waals surface area contributed by atoms with Crippen molar-refractivity contribution in [3.63, 3.8) is 0 Å². The lowest BCUT2D eigenvalue weighted by molar-refractivity contribution is -0.134. The summed E-state index contributed by atoms with van der Waals surface area (Å²) in [6.45, 7) is 6.88. The molecule has 19 heavy (non-hydrogen) atoms. The van der Waals surface area contributed by atoms with Crippen LogP contribution in [0.1, 0.15) is 25.8 Å². The molecular formula is C14H19ClN2O2. The number of amides is 2. The van der Waals surface area contributed by atoms with E-state index in [-0.39, 0.29) is 18.2 Å². The van der Waals surface area contributed by atoms with E-state index >= 15 is 0 Å². The molecule has 0 aromatic heterocycles. The number of carbonyl (C=O) groups excluding carboxylic acids is 2. The largest absolute Gasteiger partial charge is 0.343 e. The third-order valence-electron chi connectivity index (χ3n) is 2.88. The molecule has 0 aliphatic rings. The molecule has 0 atom stereocenters. The van der Waals surface area contributed by atoms with Crippen molar-refractivity contribution in [3.8, 4) is 0 Å². The van der Waals surface area contributed by atoms with Crippen LogP contribution >= 0.6 is 11.6 Å². The van der Waals surface area contributed by atoms with Crippen LogP contribution in [0.25, 0.3) is 0 Å². The average Bonchev–Trinajstić information content (AvgIpc) is 2.35. The fourth-order valence-electron chi connectivity index (χ4n) is 1.70. The lowest BCUT2D eigenvalue weighted by atomic mass is 10.2. The highest BCUT2D eigenvalue weighted by atomic mass is 35.5. The first-order chi connectivity index (χ1) is 8.97. The van der Waals surface area contributed by atoms with Crippen LogP contribution in [0, 0.1) is 6.92 Å². The normalized spacial score (nSPS) is 10.1. The van der Waals surface area contributed by atoms with Gasteiger partial charge in [-0.15, -0.1) is 0 Å². The molecule has 4 nitrogen and oxygen atoms in total. The molecule has 0 aliphatic heterocycles. The topological polar surface area (TPSA) is 49.4 Å². The summed E-state index contributed by atoms with van der Waals surface area (Å²) in [5.74, 6) is -0.488. The van der Waals surface area contributed by atoms with Crippen molar-refractivity contribution < 1.29 is 9.59 Å². The van der Waals surface area contributed by atoms with Gasteiger partial charge in [0.2, 0.25) is 11.8 Å². The standard InChI is InChI=1S/C14H19ClN2O2/c1-4-17(5-2)14(19)9-13(18)16-11-7-6-10(3)12(15)8-11/h6-8H,4-5,9H2,1-3H3,(H,16,18). The molecule has 0 radical (unpaired) electrons. The lowest BCUT2D eigenvalue weighted by Crippen LogP contribution is -2.33. The van der Waals surface area contributed by atoms with Gasteiger partial charge in [-0.25, -0.2) is 0 Å². The molecule has 0 saturated carbocycles. The van der Waals surface area contributed by atoms with Gasteiger partial charge in [0.25, 0.3) is 0 Å². The SMILES string of the molecule is CCN(CC)C(=O)CC(=O)Nc1ccc(C)c(Cl)c1. The van der Waals surface area contributed by atoms with Crippen molar-refractivity contribution >= 4 is 29.1 Å². The molecule has 1 aromatic rings. The maximum Gasteiger partial charge on any atom is 0.233 e. The summed E-state index contributed by atoms with van der Waals surface area (Å²) in [5, 5.41) is 3.26. The third-order valence-corrected chi connectivity index (χ3v) is 3.29. The van der Waals surface area contributed by atoms with Gasteiger partial charge < -0.3 is 10.2 Å². The summed E-state index contributed by atoms with van der Waals surface area (Å²) in [5.41, 5.74) is 1.55. The van der Waals surface area contributed by atoms with Crippen LogP contribution in [0.15, 0.2) is 18.2 Å². The summed E-state index contributed by atoms with van der Waals surface area (Å²) in [4.78, 5) is 25.1. The van der Waals surface area contributed by atoms with E-state index in [0.29, 0.717) is 23.8 Å². The Bertz CT molecular complexity index is 471. The lowest BCUT2D eigenvalue weighted by Gasteiger charge is -2.18. The number of nitrogens with zero attached hydrogens (tertiary/aromatic N) is 1. The first kappa shape index (κ1) is 15.5. The number of hydrogen-bond acceptors (Lipinski definition) is 2. The van der Waals surface area contributed by atoms with Crippen LogP contribution in [0.2, 0.25) is 5.02 Å². The smallest absolute Gasteiger partial charge is 0.233 e. The van der Waals surface area contributed by atoms with E-state index in [1.807, 2.05) is 26.8 Å². The zero-order valence-electron chi connectivity index (χ0n) is 11.5. The Kier molecular flexibility index (Phi) is 5.83. The Labute approximate surface area is 118 Å². The van der Waals surface area contributed by atoms with Crippen molar-refractivity contribution in [1.82, 2.24) is 4.90 Å². The fraction of sp³-hybridized carbons (Fsp3) is 0.429. The molecule has 104 valence electrons. The van der Waals surface area contributed by atoms with Crippen LogP contribution in [0.5, 0.6) is 0 Å². The first-order valence-corrected chi connectivity index (χ1v) is 6.69. The van der Waals surface area contributed by atoms with E-state index < -0.39 is 0 Å². The Morgan fingerprint density at radius 2 is 1.89 bits per heavy atom. The van der Waals surface area contributed by atoms with Gasteiger partial charge in [0.1, 0.15) is 6.42 Å². The van der Waals surface area contributed by atoms with Gasteiger partial charge in [0.05, 0.1) is 0 Å². The first-order valence-electron chi connectivity index (χ1n) is 6.31. The van der Waals surface area contributed by atoms with Crippen LogP contribution in [0.4, 0.5) is 5.69 Å². The number of aryl methyl sites for hydroxylation is 1. The zero-order valence-corrected chi connectivity index (χ0v) is 12.3. The van der Waals surface area contributed by atoms with Crippen LogP contribution in [0.3, 0.4) is 0 Å². The van der Waals surface area contributed by atoms with E-state index in [1.165, 1.54) is 0 Å². The number of anilines is 1. The van der Waals surface area contributed by atoms with E-state index in [1.54, 1.807) is 17.0 Å². The quantitative estimate of drug-likeness (QED) is 0.844. The van der Waals surface area contributed by atoms with Gasteiger partial charge >= 0.3 is 0 Å². The highest BCUT2D eigenvalue weighted by molar-refractivity contribution is 6.31. The second-order valence-corrected chi connectivity index (χ2v) is 4.66. The van der Waals surface area contributed by atoms with Crippen molar-refractivity contribution in [2.24, 2.45) is 0 Å². The second kappa shape index (κ2) is 7.14. The molecule has 0 fully saturated rings. The predicted octanol–water partition coefficient (Wildman–Crippen LogP) is 2.85. The van der Waals surface area contributed by atoms with Crippen LogP contribution in [-0.4, -0.2) is 29.8 Å². The number of nitrogens with one attached hydrogen (secondary N) is 1. The molecule has 0 unspecified atom stereocenters. The van der Waals surface area contributed by atoms with Gasteiger partial charge in [-0.05, 0) is 38.5 Å². The zero-order chi connectivity index (χ0) is 14.4. The molecule has 0 aliphatic carbocycles. The summed E-state index contributed by atoms with van der Waals surface area (Å²) in [6, 6.07) is 5.27. The molecule has 0 bridgehead atoms. The third kappa shape index (κ3) is 4.56. The molecule has 5 heteroatoms. The predicted molar refractivity (Wildman–Crippen MR) is 77.4 cm³/mol. The molecular weight excluding hydrogens is 264 g/mol. The molecule has 1 aromatic carbocycles. The maximum atomic E-state index is 11.8. The van der Waals surface area contributed by atoms with Crippen molar-refractivity contribution in [2.75, 3.05) is 18.4 Å². The van der Waals surface area contributed by atoms with Crippen LogP contribution < -0.4 is 5.32 Å². The van der Waals surface area contributed by atoms with Crippen molar-refractivity contribution in [2.45, 2.75) is 27.2 Å². The number of halogens is 1. The summed E-state index contributed by atoms with van der Waals surface area (Å²) in [7, 11) is 0. The van der Waals surface area contributed by atoms with Gasteiger partial charge in [0, 0.05) is 23.8 Å². The van der Waals surface area contributed by atoms with E-state index in [4.69, 9.17) is 11.6 Å². The molecule has 1 N–H and O–H groups in total. The second-order valence-electron chi connectivity index (χ2n) is 4.25. The summed E-state index contributed by atoms with van der Waals surface area (Å²) < 4.78 is 0. The highest BCUT2D eigenvalue weighted by Gasteiger charge is 2.14. The van der Waals surface area contributed by atoms with Crippen molar-refractivity contribution in [1.29, 1.82) is 0 Å². The highest BCUT2D eigenvalue weighted by Crippen LogP contribution is 2.20. The Morgan fingerprint density at radius 1 is 1.26 bits per heavy atom. The average molecular weight is 283 g/mol. The molecule has 0 saturated heterocycles. The van der Waals surface area contributed by atoms with Crippen LogP contribution in [-0.2, 0) is 9.59 Å². The Hall–Kier alpha value is -1.55. The monoisotopic (exact) mass is 282 g/mol. The summed E-state index contributed by atoms with van der Waals surface area (Å²) in [6.07, 6.45) is -0.146. The van der Waals surface area contributed by atoms with E-state index in [2.05, 4.69) is 5.32 Å². The van der Waals surface area contributed by atoms with E-state index in [0.717, 1.165) is 5.56 Å². The number of carbonyl (C=O) groups is 2. The van der Waals surface area contributed by atoms with Gasteiger partial charge in [-0.1, -0.05) is 17.7 Å².